The molecule has 1 atom stereocenters. The number of aryl methyl sites for hydroxylation is 1. The van der Waals surface area contributed by atoms with Crippen molar-refractivity contribution < 1.29 is 19.1 Å². The summed E-state index contributed by atoms with van der Waals surface area (Å²) in [6.07, 6.45) is 2.72. The zero-order valence-corrected chi connectivity index (χ0v) is 16.9. The van der Waals surface area contributed by atoms with Crippen molar-refractivity contribution in [2.24, 2.45) is 0 Å². The number of benzene rings is 2. The highest BCUT2D eigenvalue weighted by atomic mass is 35.5. The van der Waals surface area contributed by atoms with Crippen LogP contribution in [0.2, 0.25) is 5.02 Å². The second-order valence-corrected chi connectivity index (χ2v) is 7.81. The van der Waals surface area contributed by atoms with E-state index in [1.165, 1.54) is 4.90 Å². The quantitative estimate of drug-likeness (QED) is 0.610. The van der Waals surface area contributed by atoms with Gasteiger partial charge in [-0.3, -0.25) is 4.79 Å². The molecule has 0 bridgehead atoms. The van der Waals surface area contributed by atoms with Crippen LogP contribution in [0.1, 0.15) is 42.3 Å². The standard InChI is InChI=1S/C23H22ClNO4/c1-2-4-18-17-11-8-15(14-6-9-16(24)10-7-14)13-20(17)29-21(18)22(26)25-12-3-5-19(25)23(27)28/h6-11,13,19H,2-5,12H2,1H3,(H,27,28)/t19-/m0/s1. The van der Waals surface area contributed by atoms with Gasteiger partial charge in [0.15, 0.2) is 5.76 Å². The first kappa shape index (κ1) is 19.5. The summed E-state index contributed by atoms with van der Waals surface area (Å²) in [5.41, 5.74) is 3.46. The minimum absolute atomic E-state index is 0.267. The van der Waals surface area contributed by atoms with E-state index in [1.54, 1.807) is 0 Å². The lowest BCUT2D eigenvalue weighted by molar-refractivity contribution is -0.141. The zero-order valence-electron chi connectivity index (χ0n) is 16.2. The van der Waals surface area contributed by atoms with E-state index in [9.17, 15) is 14.7 Å². The molecule has 0 aliphatic carbocycles. The number of carbonyl (C=O) groups is 2. The Hall–Kier alpha value is -2.79. The Labute approximate surface area is 173 Å². The Morgan fingerprint density at radius 3 is 2.59 bits per heavy atom. The van der Waals surface area contributed by atoms with Crippen LogP contribution in [0, 0.1) is 0 Å². The third-order valence-corrected chi connectivity index (χ3v) is 5.72. The van der Waals surface area contributed by atoms with E-state index in [4.69, 9.17) is 16.0 Å². The van der Waals surface area contributed by atoms with Gasteiger partial charge in [0.05, 0.1) is 0 Å². The summed E-state index contributed by atoms with van der Waals surface area (Å²) in [5.74, 6) is -1.03. The molecule has 6 heteroatoms. The van der Waals surface area contributed by atoms with Crippen LogP contribution in [0.25, 0.3) is 22.1 Å². The normalized spacial score (nSPS) is 16.5. The van der Waals surface area contributed by atoms with E-state index in [2.05, 4.69) is 0 Å². The van der Waals surface area contributed by atoms with Crippen molar-refractivity contribution in [2.45, 2.75) is 38.6 Å². The lowest BCUT2D eigenvalue weighted by atomic mass is 10.0. The summed E-state index contributed by atoms with van der Waals surface area (Å²) in [5, 5.41) is 11.0. The van der Waals surface area contributed by atoms with E-state index in [1.807, 2.05) is 49.4 Å². The molecule has 3 aromatic rings. The molecular formula is C23H22ClNO4. The summed E-state index contributed by atoms with van der Waals surface area (Å²) in [7, 11) is 0. The van der Waals surface area contributed by atoms with Gasteiger partial charge in [-0.15, -0.1) is 0 Å². The van der Waals surface area contributed by atoms with Crippen LogP contribution in [0.3, 0.4) is 0 Å². The van der Waals surface area contributed by atoms with Gasteiger partial charge in [0.25, 0.3) is 5.91 Å². The fourth-order valence-electron chi connectivity index (χ4n) is 4.04. The molecule has 1 saturated heterocycles. The molecule has 1 aliphatic heterocycles. The maximum Gasteiger partial charge on any atom is 0.326 e. The van der Waals surface area contributed by atoms with Crippen LogP contribution in [0.15, 0.2) is 46.9 Å². The molecule has 1 fully saturated rings. The number of likely N-dealkylation sites (tertiary alicyclic amines) is 1. The van der Waals surface area contributed by atoms with Gasteiger partial charge in [-0.2, -0.15) is 0 Å². The maximum absolute atomic E-state index is 13.2. The third-order valence-electron chi connectivity index (χ3n) is 5.46. The number of nitrogens with zero attached hydrogens (tertiary/aromatic N) is 1. The number of hydrogen-bond acceptors (Lipinski definition) is 3. The average Bonchev–Trinajstić information content (AvgIpc) is 3.33. The van der Waals surface area contributed by atoms with Crippen LogP contribution in [0.5, 0.6) is 0 Å². The molecule has 4 rings (SSSR count). The predicted octanol–water partition coefficient (Wildman–Crippen LogP) is 5.39. The molecule has 2 heterocycles. The number of aliphatic carboxylic acids is 1. The largest absolute Gasteiger partial charge is 0.480 e. The Morgan fingerprint density at radius 2 is 1.90 bits per heavy atom. The van der Waals surface area contributed by atoms with Gasteiger partial charge in [0.2, 0.25) is 0 Å². The van der Waals surface area contributed by atoms with Crippen molar-refractivity contribution in [3.8, 4) is 11.1 Å². The molecule has 0 unspecified atom stereocenters. The van der Waals surface area contributed by atoms with E-state index in [-0.39, 0.29) is 11.7 Å². The molecule has 5 nitrogen and oxygen atoms in total. The SMILES string of the molecule is CCCc1c(C(=O)N2CCC[C@H]2C(=O)O)oc2cc(-c3ccc(Cl)cc3)ccc12. The number of furan rings is 1. The minimum atomic E-state index is -0.964. The summed E-state index contributed by atoms with van der Waals surface area (Å²) >= 11 is 5.98. The van der Waals surface area contributed by atoms with Crippen molar-refractivity contribution >= 4 is 34.4 Å². The molecule has 1 amide bonds. The number of carbonyl (C=O) groups excluding carboxylic acids is 1. The monoisotopic (exact) mass is 411 g/mol. The lowest BCUT2D eigenvalue weighted by Gasteiger charge is -2.20. The molecule has 29 heavy (non-hydrogen) atoms. The van der Waals surface area contributed by atoms with E-state index >= 15 is 0 Å². The summed E-state index contributed by atoms with van der Waals surface area (Å²) < 4.78 is 6.03. The zero-order chi connectivity index (χ0) is 20.5. The Balaban J connectivity index is 1.77. The van der Waals surface area contributed by atoms with E-state index in [0.717, 1.165) is 28.5 Å². The summed E-state index contributed by atoms with van der Waals surface area (Å²) in [6.45, 7) is 2.49. The van der Waals surface area contributed by atoms with Crippen molar-refractivity contribution in [1.29, 1.82) is 0 Å². The van der Waals surface area contributed by atoms with Crippen LogP contribution < -0.4 is 0 Å². The first-order valence-corrected chi connectivity index (χ1v) is 10.2. The molecule has 0 radical (unpaired) electrons. The molecule has 1 aromatic heterocycles. The van der Waals surface area contributed by atoms with Gasteiger partial charge in [-0.05, 0) is 48.6 Å². The van der Waals surface area contributed by atoms with Gasteiger partial charge < -0.3 is 14.4 Å². The molecular weight excluding hydrogens is 390 g/mol. The molecule has 1 N–H and O–H groups in total. The third kappa shape index (κ3) is 3.62. The number of rotatable bonds is 5. The molecule has 1 aliphatic rings. The number of fused-ring (bicyclic) bond motifs is 1. The Kier molecular flexibility index (Phi) is 5.33. The van der Waals surface area contributed by atoms with Crippen molar-refractivity contribution in [1.82, 2.24) is 4.90 Å². The number of amides is 1. The van der Waals surface area contributed by atoms with Gasteiger partial charge in [0, 0.05) is 22.5 Å². The first-order chi connectivity index (χ1) is 14.0. The maximum atomic E-state index is 13.2. The molecule has 2 aromatic carbocycles. The first-order valence-electron chi connectivity index (χ1n) is 9.84. The molecule has 150 valence electrons. The number of hydrogen-bond donors (Lipinski definition) is 1. The van der Waals surface area contributed by atoms with Gasteiger partial charge in [0.1, 0.15) is 11.6 Å². The highest BCUT2D eigenvalue weighted by molar-refractivity contribution is 6.30. The fourth-order valence-corrected chi connectivity index (χ4v) is 4.17. The second kappa shape index (κ2) is 7.91. The topological polar surface area (TPSA) is 70.8 Å². The Morgan fingerprint density at radius 1 is 1.17 bits per heavy atom. The summed E-state index contributed by atoms with van der Waals surface area (Å²) in [6, 6.07) is 12.7. The van der Waals surface area contributed by atoms with Gasteiger partial charge in [-0.25, -0.2) is 4.79 Å². The minimum Gasteiger partial charge on any atom is -0.480 e. The van der Waals surface area contributed by atoms with Crippen LogP contribution in [-0.2, 0) is 11.2 Å². The van der Waals surface area contributed by atoms with Crippen molar-refractivity contribution in [3.05, 3.63) is 58.8 Å². The lowest BCUT2D eigenvalue weighted by Crippen LogP contribution is -2.40. The van der Waals surface area contributed by atoms with Crippen LogP contribution >= 0.6 is 11.6 Å². The van der Waals surface area contributed by atoms with Crippen LogP contribution in [0.4, 0.5) is 0 Å². The molecule has 0 saturated carbocycles. The number of carboxylic acid groups (broad SMARTS) is 1. The fraction of sp³-hybridized carbons (Fsp3) is 0.304. The van der Waals surface area contributed by atoms with Crippen LogP contribution in [-0.4, -0.2) is 34.5 Å². The van der Waals surface area contributed by atoms with Gasteiger partial charge in [-0.1, -0.05) is 49.2 Å². The number of halogens is 1. The Bertz CT molecular complexity index is 1070. The molecule has 0 spiro atoms. The van der Waals surface area contributed by atoms with E-state index < -0.39 is 12.0 Å². The average molecular weight is 412 g/mol. The van der Waals surface area contributed by atoms with Crippen molar-refractivity contribution in [3.63, 3.8) is 0 Å². The van der Waals surface area contributed by atoms with Gasteiger partial charge >= 0.3 is 5.97 Å². The highest BCUT2D eigenvalue weighted by Crippen LogP contribution is 2.33. The smallest absolute Gasteiger partial charge is 0.326 e. The van der Waals surface area contributed by atoms with Crippen molar-refractivity contribution in [2.75, 3.05) is 6.54 Å². The highest BCUT2D eigenvalue weighted by Gasteiger charge is 2.37. The predicted molar refractivity (Wildman–Crippen MR) is 112 cm³/mol. The van der Waals surface area contributed by atoms with E-state index in [0.29, 0.717) is 36.4 Å². The number of carboxylic acids is 1. The summed E-state index contributed by atoms with van der Waals surface area (Å²) in [4.78, 5) is 26.1. The second-order valence-electron chi connectivity index (χ2n) is 7.37.